The molecule has 0 saturated heterocycles. The lowest BCUT2D eigenvalue weighted by atomic mass is 9.94. The topological polar surface area (TPSA) is 86.3 Å². The van der Waals surface area contributed by atoms with Crippen molar-refractivity contribution in [1.29, 1.82) is 0 Å². The molecule has 1 atom stereocenters. The molecule has 6 rings (SSSR count). The van der Waals surface area contributed by atoms with E-state index >= 15 is 0 Å². The highest BCUT2D eigenvalue weighted by atomic mass is 19.4. The summed E-state index contributed by atoms with van der Waals surface area (Å²) in [5, 5.41) is 10.9. The molecule has 1 aliphatic carbocycles. The molecule has 4 aromatic rings. The molecule has 2 aliphatic rings. The molecule has 9 heteroatoms. The third-order valence-corrected chi connectivity index (χ3v) is 7.89. The SMILES string of the molecule is O=C(C(O)c1cccc(-c2ccc(C(F)(F)F)cc2)c1)N1CCc2nc(C3(c4ccccc4)CC3)[nH]c(=O)c2C1. The van der Waals surface area contributed by atoms with Crippen molar-refractivity contribution in [1.82, 2.24) is 14.9 Å². The number of aromatic amines is 1. The summed E-state index contributed by atoms with van der Waals surface area (Å²) in [6.07, 6.45) is -3.73. The third-order valence-electron chi connectivity index (χ3n) is 7.89. The van der Waals surface area contributed by atoms with Crippen molar-refractivity contribution >= 4 is 5.91 Å². The number of rotatable bonds is 5. The van der Waals surface area contributed by atoms with Crippen LogP contribution >= 0.6 is 0 Å². The van der Waals surface area contributed by atoms with Crippen LogP contribution in [0.2, 0.25) is 0 Å². The fourth-order valence-electron chi connectivity index (χ4n) is 5.44. The van der Waals surface area contributed by atoms with Crippen molar-refractivity contribution < 1.29 is 23.1 Å². The summed E-state index contributed by atoms with van der Waals surface area (Å²) in [4.78, 5) is 35.6. The first-order valence-electron chi connectivity index (χ1n) is 13.1. The second-order valence-corrected chi connectivity index (χ2v) is 10.4. The predicted molar refractivity (Wildman–Crippen MR) is 142 cm³/mol. The molecule has 204 valence electrons. The van der Waals surface area contributed by atoms with Crippen LogP contribution in [0.3, 0.4) is 0 Å². The quantitative estimate of drug-likeness (QED) is 0.363. The van der Waals surface area contributed by atoms with Crippen molar-refractivity contribution in [2.75, 3.05) is 6.54 Å². The number of benzene rings is 3. The molecular weight excluding hydrogens is 519 g/mol. The number of aromatic nitrogens is 2. The number of alkyl halides is 3. The van der Waals surface area contributed by atoms with Gasteiger partial charge in [-0.15, -0.1) is 0 Å². The molecule has 3 aromatic carbocycles. The third kappa shape index (κ3) is 4.70. The number of nitrogens with one attached hydrogen (secondary N) is 1. The number of aliphatic hydroxyl groups excluding tert-OH is 1. The number of aliphatic hydroxyl groups is 1. The minimum atomic E-state index is -4.43. The maximum Gasteiger partial charge on any atom is 0.416 e. The predicted octanol–water partition coefficient (Wildman–Crippen LogP) is 5.15. The van der Waals surface area contributed by atoms with Gasteiger partial charge < -0.3 is 15.0 Å². The Morgan fingerprint density at radius 2 is 1.70 bits per heavy atom. The lowest BCUT2D eigenvalue weighted by Gasteiger charge is -2.30. The summed E-state index contributed by atoms with van der Waals surface area (Å²) in [6.45, 7) is 0.334. The Hall–Kier alpha value is -4.24. The van der Waals surface area contributed by atoms with Crippen LogP contribution in [-0.2, 0) is 29.4 Å². The summed E-state index contributed by atoms with van der Waals surface area (Å²) >= 11 is 0. The van der Waals surface area contributed by atoms with Gasteiger partial charge in [0.25, 0.3) is 11.5 Å². The largest absolute Gasteiger partial charge is 0.416 e. The number of H-pyrrole nitrogens is 1. The van der Waals surface area contributed by atoms with Gasteiger partial charge in [-0.05, 0) is 53.3 Å². The lowest BCUT2D eigenvalue weighted by molar-refractivity contribution is -0.141. The molecule has 0 spiro atoms. The molecule has 40 heavy (non-hydrogen) atoms. The molecule has 1 amide bonds. The van der Waals surface area contributed by atoms with Crippen LogP contribution in [0.4, 0.5) is 13.2 Å². The van der Waals surface area contributed by atoms with Crippen molar-refractivity contribution in [3.05, 3.63) is 123 Å². The first-order chi connectivity index (χ1) is 19.2. The van der Waals surface area contributed by atoms with Gasteiger partial charge >= 0.3 is 6.18 Å². The van der Waals surface area contributed by atoms with Crippen LogP contribution < -0.4 is 5.56 Å². The molecular formula is C31H26F3N3O3. The molecule has 2 N–H and O–H groups in total. The van der Waals surface area contributed by atoms with Gasteiger partial charge in [-0.1, -0.05) is 60.7 Å². The second-order valence-electron chi connectivity index (χ2n) is 10.4. The van der Waals surface area contributed by atoms with Gasteiger partial charge in [0, 0.05) is 13.0 Å². The van der Waals surface area contributed by atoms with Gasteiger partial charge in [0.2, 0.25) is 0 Å². The first kappa shape index (κ1) is 26.0. The lowest BCUT2D eigenvalue weighted by Crippen LogP contribution is -2.42. The summed E-state index contributed by atoms with van der Waals surface area (Å²) in [7, 11) is 0. The van der Waals surface area contributed by atoms with Gasteiger partial charge in [-0.2, -0.15) is 13.2 Å². The fourth-order valence-corrected chi connectivity index (χ4v) is 5.44. The number of carbonyl (C=O) groups is 1. The minimum absolute atomic E-state index is 0.0325. The number of hydrogen-bond donors (Lipinski definition) is 2. The molecule has 1 fully saturated rings. The Kier molecular flexibility index (Phi) is 6.34. The van der Waals surface area contributed by atoms with Gasteiger partial charge in [0.05, 0.1) is 28.8 Å². The normalized spacial score (nSPS) is 16.8. The summed E-state index contributed by atoms with van der Waals surface area (Å²) in [6, 6.07) is 21.2. The van der Waals surface area contributed by atoms with E-state index in [0.717, 1.165) is 30.5 Å². The Balaban J connectivity index is 1.20. The molecule has 1 aromatic heterocycles. The molecule has 1 saturated carbocycles. The molecule has 0 radical (unpaired) electrons. The molecule has 1 aliphatic heterocycles. The average molecular weight is 546 g/mol. The van der Waals surface area contributed by atoms with Gasteiger partial charge in [-0.3, -0.25) is 9.59 Å². The van der Waals surface area contributed by atoms with Crippen LogP contribution in [0.15, 0.2) is 83.7 Å². The Morgan fingerprint density at radius 3 is 2.38 bits per heavy atom. The van der Waals surface area contributed by atoms with Crippen molar-refractivity contribution in [3.63, 3.8) is 0 Å². The van der Waals surface area contributed by atoms with E-state index in [2.05, 4.69) is 4.98 Å². The van der Waals surface area contributed by atoms with Gasteiger partial charge in [0.15, 0.2) is 6.10 Å². The van der Waals surface area contributed by atoms with E-state index in [9.17, 15) is 27.9 Å². The summed E-state index contributed by atoms with van der Waals surface area (Å²) in [5.74, 6) is 0.101. The molecule has 0 bridgehead atoms. The van der Waals surface area contributed by atoms with E-state index in [1.54, 1.807) is 24.3 Å². The van der Waals surface area contributed by atoms with Gasteiger partial charge in [-0.25, -0.2) is 4.98 Å². The highest BCUT2D eigenvalue weighted by Gasteiger charge is 2.48. The monoisotopic (exact) mass is 545 g/mol. The Morgan fingerprint density at radius 1 is 0.975 bits per heavy atom. The maximum absolute atomic E-state index is 13.3. The Bertz CT molecular complexity index is 1630. The molecule has 6 nitrogen and oxygen atoms in total. The zero-order valence-corrected chi connectivity index (χ0v) is 21.4. The summed E-state index contributed by atoms with van der Waals surface area (Å²) in [5.41, 5.74) is 2.30. The van der Waals surface area contributed by atoms with Crippen LogP contribution in [0, 0.1) is 0 Å². The Labute approximate surface area is 228 Å². The van der Waals surface area contributed by atoms with Crippen molar-refractivity contribution in [3.8, 4) is 11.1 Å². The van der Waals surface area contributed by atoms with E-state index in [1.165, 1.54) is 17.0 Å². The zero-order valence-electron chi connectivity index (χ0n) is 21.4. The van der Waals surface area contributed by atoms with Crippen LogP contribution in [0.25, 0.3) is 11.1 Å². The number of fused-ring (bicyclic) bond motifs is 1. The minimum Gasteiger partial charge on any atom is -0.378 e. The fraction of sp³-hybridized carbons (Fsp3) is 0.258. The van der Waals surface area contributed by atoms with Crippen LogP contribution in [-0.4, -0.2) is 32.4 Å². The number of halogens is 3. The standard InChI is InChI=1S/C31H26F3N3O3/c32-31(33,34)23-11-9-19(10-12-23)20-5-4-6-21(17-20)26(38)28(40)37-16-13-25-24(18-37)27(39)36-29(35-25)30(14-15-30)22-7-2-1-3-8-22/h1-12,17,26,38H,13-16,18H2,(H,35,36,39). The van der Waals surface area contributed by atoms with Crippen molar-refractivity contribution in [2.45, 2.75) is 43.5 Å². The van der Waals surface area contributed by atoms with E-state index in [0.29, 0.717) is 46.7 Å². The number of carbonyl (C=O) groups excluding carboxylic acids is 1. The second kappa shape index (κ2) is 9.75. The number of hydrogen-bond acceptors (Lipinski definition) is 4. The van der Waals surface area contributed by atoms with E-state index < -0.39 is 23.8 Å². The molecule has 1 unspecified atom stereocenters. The number of amides is 1. The van der Waals surface area contributed by atoms with Gasteiger partial charge in [0.1, 0.15) is 5.82 Å². The zero-order chi connectivity index (χ0) is 28.1. The number of nitrogens with zero attached hydrogens (tertiary/aromatic N) is 2. The smallest absolute Gasteiger partial charge is 0.378 e. The van der Waals surface area contributed by atoms with E-state index in [-0.39, 0.29) is 17.5 Å². The van der Waals surface area contributed by atoms with Crippen molar-refractivity contribution in [2.24, 2.45) is 0 Å². The molecule has 2 heterocycles. The summed E-state index contributed by atoms with van der Waals surface area (Å²) < 4.78 is 38.8. The highest BCUT2D eigenvalue weighted by molar-refractivity contribution is 5.83. The maximum atomic E-state index is 13.3. The van der Waals surface area contributed by atoms with E-state index in [4.69, 9.17) is 4.98 Å². The van der Waals surface area contributed by atoms with Crippen LogP contribution in [0.5, 0.6) is 0 Å². The van der Waals surface area contributed by atoms with E-state index in [1.807, 2.05) is 30.3 Å². The van der Waals surface area contributed by atoms with Crippen LogP contribution in [0.1, 0.15) is 52.7 Å². The average Bonchev–Trinajstić information content (AvgIpc) is 3.79. The first-order valence-corrected chi connectivity index (χ1v) is 13.1. The highest BCUT2D eigenvalue weighted by Crippen LogP contribution is 2.52.